The van der Waals surface area contributed by atoms with Gasteiger partial charge in [-0.1, -0.05) is 43.0 Å². The van der Waals surface area contributed by atoms with Crippen molar-refractivity contribution in [2.24, 2.45) is 0 Å². The number of benzene rings is 1. The first-order chi connectivity index (χ1) is 3.93. The molecule has 0 aliphatic heterocycles. The van der Waals surface area contributed by atoms with Gasteiger partial charge in [-0.2, -0.15) is 0 Å². The Morgan fingerprint density at radius 3 is 2.00 bits per heavy atom. The van der Waals surface area contributed by atoms with E-state index in [2.05, 4.69) is 6.58 Å². The van der Waals surface area contributed by atoms with Gasteiger partial charge in [-0.05, 0) is 5.56 Å². The zero-order valence-corrected chi connectivity index (χ0v) is 6.45. The molecule has 0 amide bonds. The van der Waals surface area contributed by atoms with E-state index >= 15 is 0 Å². The maximum Gasteiger partial charge on any atom is 0 e. The number of hydrogen-bond donors (Lipinski definition) is 0. The van der Waals surface area contributed by atoms with Crippen molar-refractivity contribution in [1.29, 1.82) is 0 Å². The fraction of sp³-hybridized carbons (Fsp3) is 0. The van der Waals surface area contributed by atoms with Gasteiger partial charge in [0.05, 0.1) is 0 Å². The van der Waals surface area contributed by atoms with Gasteiger partial charge in [0.1, 0.15) is 0 Å². The molecule has 1 rings (SSSR count). The second kappa shape index (κ2) is 4.57. The monoisotopic (exact) mass is 211 g/mol. The standard InChI is InChI=1S/C8H8.Ag/c1-2-8-6-4-3-5-7-8;/h2-7H,1H2;. The molecule has 0 bridgehead atoms. The van der Waals surface area contributed by atoms with Crippen molar-refractivity contribution in [2.75, 3.05) is 0 Å². The third-order valence-corrected chi connectivity index (χ3v) is 1.04. The molecule has 0 nitrogen and oxygen atoms in total. The summed E-state index contributed by atoms with van der Waals surface area (Å²) in [5, 5.41) is 0. The van der Waals surface area contributed by atoms with Crippen LogP contribution < -0.4 is 0 Å². The van der Waals surface area contributed by atoms with Crippen LogP contribution in [0.15, 0.2) is 36.9 Å². The Bertz CT molecular complexity index is 167. The van der Waals surface area contributed by atoms with Crippen molar-refractivity contribution < 1.29 is 22.4 Å². The molecular formula is C8H8Ag. The van der Waals surface area contributed by atoms with E-state index in [1.165, 1.54) is 5.56 Å². The van der Waals surface area contributed by atoms with Crippen LogP contribution in [0.1, 0.15) is 5.56 Å². The van der Waals surface area contributed by atoms with Gasteiger partial charge in [-0.25, -0.2) is 0 Å². The van der Waals surface area contributed by atoms with E-state index in [1.54, 1.807) is 0 Å². The van der Waals surface area contributed by atoms with Crippen LogP contribution in [0.25, 0.3) is 6.08 Å². The summed E-state index contributed by atoms with van der Waals surface area (Å²) in [6, 6.07) is 10.0. The van der Waals surface area contributed by atoms with E-state index in [9.17, 15) is 0 Å². The van der Waals surface area contributed by atoms with Crippen LogP contribution in [-0.2, 0) is 22.4 Å². The molecule has 0 saturated heterocycles. The van der Waals surface area contributed by atoms with E-state index in [0.29, 0.717) is 0 Å². The van der Waals surface area contributed by atoms with E-state index < -0.39 is 0 Å². The fourth-order valence-electron chi connectivity index (χ4n) is 0.589. The summed E-state index contributed by atoms with van der Waals surface area (Å²) in [4.78, 5) is 0. The largest absolute Gasteiger partial charge is 0.0985 e. The Balaban J connectivity index is 0.000000640. The second-order valence-corrected chi connectivity index (χ2v) is 1.61. The van der Waals surface area contributed by atoms with Gasteiger partial charge < -0.3 is 0 Å². The van der Waals surface area contributed by atoms with Gasteiger partial charge >= 0.3 is 0 Å². The van der Waals surface area contributed by atoms with Crippen LogP contribution in [0.3, 0.4) is 0 Å². The molecule has 9 heavy (non-hydrogen) atoms. The summed E-state index contributed by atoms with van der Waals surface area (Å²) < 4.78 is 0. The normalized spacial score (nSPS) is 7.56. The molecule has 0 fully saturated rings. The molecule has 0 heterocycles. The molecule has 1 radical (unpaired) electrons. The van der Waals surface area contributed by atoms with E-state index in [-0.39, 0.29) is 22.4 Å². The number of hydrogen-bond acceptors (Lipinski definition) is 0. The Hall–Kier alpha value is -0.300. The van der Waals surface area contributed by atoms with Crippen molar-refractivity contribution >= 4 is 6.08 Å². The van der Waals surface area contributed by atoms with Gasteiger partial charge in [0.25, 0.3) is 0 Å². The molecule has 1 aromatic rings. The van der Waals surface area contributed by atoms with Crippen LogP contribution in [-0.4, -0.2) is 0 Å². The van der Waals surface area contributed by atoms with E-state index in [0.717, 1.165) is 0 Å². The Labute approximate surface area is 71.1 Å². The van der Waals surface area contributed by atoms with E-state index in [4.69, 9.17) is 0 Å². The molecule has 0 aromatic heterocycles. The van der Waals surface area contributed by atoms with Crippen molar-refractivity contribution in [3.8, 4) is 0 Å². The minimum Gasteiger partial charge on any atom is -0.0985 e. The second-order valence-electron chi connectivity index (χ2n) is 1.61. The average molecular weight is 212 g/mol. The summed E-state index contributed by atoms with van der Waals surface area (Å²) in [5.74, 6) is 0. The van der Waals surface area contributed by atoms with Crippen molar-refractivity contribution in [3.63, 3.8) is 0 Å². The Kier molecular flexibility index (Phi) is 4.41. The zero-order valence-electron chi connectivity index (χ0n) is 4.97. The fourth-order valence-corrected chi connectivity index (χ4v) is 0.589. The third kappa shape index (κ3) is 2.66. The van der Waals surface area contributed by atoms with Crippen LogP contribution >= 0.6 is 0 Å². The first-order valence-corrected chi connectivity index (χ1v) is 2.61. The molecule has 1 heteroatoms. The topological polar surface area (TPSA) is 0 Å². The molecule has 0 spiro atoms. The van der Waals surface area contributed by atoms with Gasteiger partial charge in [-0.15, -0.1) is 0 Å². The minimum atomic E-state index is 0. The third-order valence-electron chi connectivity index (χ3n) is 1.04. The quantitative estimate of drug-likeness (QED) is 0.626. The van der Waals surface area contributed by atoms with Crippen LogP contribution in [0.4, 0.5) is 0 Å². The summed E-state index contributed by atoms with van der Waals surface area (Å²) in [5.41, 5.74) is 1.17. The molecule has 51 valence electrons. The summed E-state index contributed by atoms with van der Waals surface area (Å²) in [7, 11) is 0. The van der Waals surface area contributed by atoms with E-state index in [1.807, 2.05) is 36.4 Å². The Morgan fingerprint density at radius 1 is 1.11 bits per heavy atom. The van der Waals surface area contributed by atoms with Crippen molar-refractivity contribution in [1.82, 2.24) is 0 Å². The summed E-state index contributed by atoms with van der Waals surface area (Å²) in [6.07, 6.45) is 1.83. The minimum absolute atomic E-state index is 0. The zero-order chi connectivity index (χ0) is 5.82. The van der Waals surface area contributed by atoms with Gasteiger partial charge in [0.2, 0.25) is 0 Å². The molecular weight excluding hydrogens is 204 g/mol. The summed E-state index contributed by atoms with van der Waals surface area (Å²) in [6.45, 7) is 3.63. The smallest absolute Gasteiger partial charge is 0 e. The first-order valence-electron chi connectivity index (χ1n) is 2.61. The van der Waals surface area contributed by atoms with Crippen molar-refractivity contribution in [3.05, 3.63) is 42.5 Å². The molecule has 0 atom stereocenters. The predicted octanol–water partition coefficient (Wildman–Crippen LogP) is 2.33. The predicted molar refractivity (Wildman–Crippen MR) is 36.5 cm³/mol. The van der Waals surface area contributed by atoms with Crippen LogP contribution in [0.5, 0.6) is 0 Å². The summed E-state index contributed by atoms with van der Waals surface area (Å²) >= 11 is 0. The average Bonchev–Trinajstić information content (AvgIpc) is 1.90. The SMILES string of the molecule is C=Cc1ccccc1.[Ag]. The molecule has 1 aromatic carbocycles. The van der Waals surface area contributed by atoms with Crippen LogP contribution in [0.2, 0.25) is 0 Å². The first kappa shape index (κ1) is 8.70. The van der Waals surface area contributed by atoms with Gasteiger partial charge in [0.15, 0.2) is 0 Å². The maximum absolute atomic E-state index is 3.63. The number of rotatable bonds is 1. The van der Waals surface area contributed by atoms with Crippen molar-refractivity contribution in [2.45, 2.75) is 0 Å². The Morgan fingerprint density at radius 2 is 1.67 bits per heavy atom. The maximum atomic E-state index is 3.63. The molecule has 0 aliphatic carbocycles. The molecule has 0 aliphatic rings. The molecule has 0 saturated carbocycles. The molecule has 0 N–H and O–H groups in total. The van der Waals surface area contributed by atoms with Crippen LogP contribution in [0, 0.1) is 0 Å². The molecule has 0 unspecified atom stereocenters. The van der Waals surface area contributed by atoms with Gasteiger partial charge in [-0.3, -0.25) is 0 Å². The van der Waals surface area contributed by atoms with Gasteiger partial charge in [0, 0.05) is 22.4 Å².